The standard InChI is InChI=1S/C21H18N2O3S/c24-21(16-11-17-7-3-1-4-8-17)22-18-12-14-20(15-13-18)27(25,26)23-19-9-5-2-6-10-19/h1-16,23H,(H,22,24)/b16-11+. The van der Waals surface area contributed by atoms with E-state index in [1.54, 1.807) is 42.5 Å². The van der Waals surface area contributed by atoms with Crippen LogP contribution >= 0.6 is 0 Å². The van der Waals surface area contributed by atoms with Gasteiger partial charge >= 0.3 is 0 Å². The van der Waals surface area contributed by atoms with Gasteiger partial charge in [-0.1, -0.05) is 48.5 Å². The minimum Gasteiger partial charge on any atom is -0.323 e. The lowest BCUT2D eigenvalue weighted by molar-refractivity contribution is -0.111. The maximum absolute atomic E-state index is 12.4. The van der Waals surface area contributed by atoms with Gasteiger partial charge in [0, 0.05) is 17.5 Å². The molecule has 0 unspecified atom stereocenters. The Hall–Kier alpha value is -3.38. The Bertz CT molecular complexity index is 1030. The Labute approximate surface area is 158 Å². The van der Waals surface area contributed by atoms with Crippen LogP contribution in [0.3, 0.4) is 0 Å². The van der Waals surface area contributed by atoms with Crippen molar-refractivity contribution < 1.29 is 13.2 Å². The first-order valence-corrected chi connectivity index (χ1v) is 9.73. The molecule has 0 saturated heterocycles. The maximum atomic E-state index is 12.4. The number of nitrogens with one attached hydrogen (secondary N) is 2. The number of hydrogen-bond donors (Lipinski definition) is 2. The third-order valence-electron chi connectivity index (χ3n) is 3.68. The first kappa shape index (κ1) is 18.4. The van der Waals surface area contributed by atoms with Crippen molar-refractivity contribution in [3.05, 3.63) is 96.6 Å². The second-order valence-corrected chi connectivity index (χ2v) is 7.41. The summed E-state index contributed by atoms with van der Waals surface area (Å²) in [5.74, 6) is -0.295. The summed E-state index contributed by atoms with van der Waals surface area (Å²) in [4.78, 5) is 12.1. The molecule has 3 aromatic carbocycles. The molecule has 6 heteroatoms. The van der Waals surface area contributed by atoms with Crippen molar-refractivity contribution in [1.82, 2.24) is 0 Å². The number of rotatable bonds is 6. The summed E-state index contributed by atoms with van der Waals surface area (Å²) < 4.78 is 27.3. The van der Waals surface area contributed by atoms with E-state index in [0.29, 0.717) is 11.4 Å². The number of carbonyl (C=O) groups excluding carboxylic acids is 1. The first-order valence-electron chi connectivity index (χ1n) is 8.25. The lowest BCUT2D eigenvalue weighted by atomic mass is 10.2. The van der Waals surface area contributed by atoms with Gasteiger partial charge in [0.05, 0.1) is 4.90 Å². The summed E-state index contributed by atoms with van der Waals surface area (Å²) in [6.07, 6.45) is 3.13. The second kappa shape index (κ2) is 8.33. The lowest BCUT2D eigenvalue weighted by Gasteiger charge is -2.09. The molecule has 2 N–H and O–H groups in total. The van der Waals surface area contributed by atoms with Crippen molar-refractivity contribution in [2.75, 3.05) is 10.0 Å². The molecule has 5 nitrogen and oxygen atoms in total. The minimum atomic E-state index is -3.68. The number of sulfonamides is 1. The van der Waals surface area contributed by atoms with Crippen LogP contribution in [0.4, 0.5) is 11.4 Å². The molecule has 0 fully saturated rings. The van der Waals surface area contributed by atoms with Crippen LogP contribution in [0.25, 0.3) is 6.08 Å². The van der Waals surface area contributed by atoms with Crippen molar-refractivity contribution in [2.24, 2.45) is 0 Å². The van der Waals surface area contributed by atoms with Gasteiger partial charge in [0.25, 0.3) is 10.0 Å². The van der Waals surface area contributed by atoms with Crippen LogP contribution < -0.4 is 10.0 Å². The van der Waals surface area contributed by atoms with Crippen LogP contribution in [0.1, 0.15) is 5.56 Å². The fourth-order valence-electron chi connectivity index (χ4n) is 2.36. The average molecular weight is 378 g/mol. The van der Waals surface area contributed by atoms with E-state index in [-0.39, 0.29) is 10.8 Å². The predicted octanol–water partition coefficient (Wildman–Crippen LogP) is 4.14. The van der Waals surface area contributed by atoms with Crippen molar-refractivity contribution in [1.29, 1.82) is 0 Å². The fourth-order valence-corrected chi connectivity index (χ4v) is 3.42. The molecule has 0 aromatic heterocycles. The van der Waals surface area contributed by atoms with Crippen molar-refractivity contribution in [3.63, 3.8) is 0 Å². The molecule has 3 aromatic rings. The molecule has 0 heterocycles. The third-order valence-corrected chi connectivity index (χ3v) is 5.08. The Morgan fingerprint density at radius 2 is 1.33 bits per heavy atom. The molecule has 0 spiro atoms. The van der Waals surface area contributed by atoms with E-state index in [2.05, 4.69) is 10.0 Å². The smallest absolute Gasteiger partial charge is 0.261 e. The van der Waals surface area contributed by atoms with Gasteiger partial charge in [-0.3, -0.25) is 9.52 Å². The summed E-state index contributed by atoms with van der Waals surface area (Å²) in [6, 6.07) is 24.1. The van der Waals surface area contributed by atoms with E-state index in [1.807, 2.05) is 36.4 Å². The highest BCUT2D eigenvalue weighted by molar-refractivity contribution is 7.92. The molecule has 0 aliphatic rings. The summed E-state index contributed by atoms with van der Waals surface area (Å²) in [6.45, 7) is 0. The topological polar surface area (TPSA) is 75.3 Å². The number of carbonyl (C=O) groups is 1. The van der Waals surface area contributed by atoms with Crippen LogP contribution in [-0.4, -0.2) is 14.3 Å². The van der Waals surface area contributed by atoms with Crippen molar-refractivity contribution in [3.8, 4) is 0 Å². The Balaban J connectivity index is 1.64. The van der Waals surface area contributed by atoms with E-state index in [0.717, 1.165) is 5.56 Å². The van der Waals surface area contributed by atoms with Crippen LogP contribution in [0, 0.1) is 0 Å². The molecule has 0 atom stereocenters. The van der Waals surface area contributed by atoms with E-state index in [9.17, 15) is 13.2 Å². The molecule has 136 valence electrons. The number of hydrogen-bond acceptors (Lipinski definition) is 3. The van der Waals surface area contributed by atoms with Gasteiger partial charge in [-0.15, -0.1) is 0 Å². The molecular formula is C21H18N2O3S. The maximum Gasteiger partial charge on any atom is 0.261 e. The molecule has 1 amide bonds. The summed E-state index contributed by atoms with van der Waals surface area (Å²) >= 11 is 0. The van der Waals surface area contributed by atoms with Crippen LogP contribution in [0.5, 0.6) is 0 Å². The summed E-state index contributed by atoms with van der Waals surface area (Å²) in [7, 11) is -3.68. The molecular weight excluding hydrogens is 360 g/mol. The second-order valence-electron chi connectivity index (χ2n) is 5.73. The largest absolute Gasteiger partial charge is 0.323 e. The van der Waals surface area contributed by atoms with Crippen LogP contribution in [-0.2, 0) is 14.8 Å². The van der Waals surface area contributed by atoms with E-state index >= 15 is 0 Å². The molecule has 0 aliphatic carbocycles. The average Bonchev–Trinajstić information content (AvgIpc) is 2.68. The van der Waals surface area contributed by atoms with Crippen LogP contribution in [0.15, 0.2) is 95.9 Å². The molecule has 0 bridgehead atoms. The zero-order valence-electron chi connectivity index (χ0n) is 14.4. The Kier molecular flexibility index (Phi) is 5.68. The first-order chi connectivity index (χ1) is 13.0. The number of anilines is 2. The van der Waals surface area contributed by atoms with Gasteiger partial charge in [-0.2, -0.15) is 0 Å². The van der Waals surface area contributed by atoms with Crippen molar-refractivity contribution >= 4 is 33.4 Å². The van der Waals surface area contributed by atoms with Crippen molar-refractivity contribution in [2.45, 2.75) is 4.90 Å². The quantitative estimate of drug-likeness (QED) is 0.633. The zero-order valence-corrected chi connectivity index (χ0v) is 15.2. The molecule has 0 saturated carbocycles. The Morgan fingerprint density at radius 1 is 0.741 bits per heavy atom. The molecule has 3 rings (SSSR count). The normalized spacial score (nSPS) is 11.3. The Morgan fingerprint density at radius 3 is 1.96 bits per heavy atom. The van der Waals surface area contributed by atoms with E-state index < -0.39 is 10.0 Å². The predicted molar refractivity (Wildman–Crippen MR) is 108 cm³/mol. The molecule has 0 radical (unpaired) electrons. The van der Waals surface area contributed by atoms with Gasteiger partial charge in [-0.05, 0) is 48.0 Å². The van der Waals surface area contributed by atoms with Gasteiger partial charge in [-0.25, -0.2) is 8.42 Å². The van der Waals surface area contributed by atoms with Gasteiger partial charge in [0.2, 0.25) is 5.91 Å². The van der Waals surface area contributed by atoms with E-state index in [1.165, 1.54) is 18.2 Å². The highest BCUT2D eigenvalue weighted by atomic mass is 32.2. The highest BCUT2D eigenvalue weighted by Gasteiger charge is 2.13. The number of amides is 1. The van der Waals surface area contributed by atoms with Crippen LogP contribution in [0.2, 0.25) is 0 Å². The number of benzene rings is 3. The molecule has 27 heavy (non-hydrogen) atoms. The highest BCUT2D eigenvalue weighted by Crippen LogP contribution is 2.18. The fraction of sp³-hybridized carbons (Fsp3) is 0. The van der Waals surface area contributed by atoms with E-state index in [4.69, 9.17) is 0 Å². The number of para-hydroxylation sites is 1. The van der Waals surface area contributed by atoms with Gasteiger partial charge in [0.15, 0.2) is 0 Å². The molecule has 0 aliphatic heterocycles. The monoisotopic (exact) mass is 378 g/mol. The summed E-state index contributed by atoms with van der Waals surface area (Å²) in [5.41, 5.74) is 1.92. The van der Waals surface area contributed by atoms with Gasteiger partial charge in [0.1, 0.15) is 0 Å². The van der Waals surface area contributed by atoms with Gasteiger partial charge < -0.3 is 5.32 Å². The zero-order chi connectivity index (χ0) is 19.1. The lowest BCUT2D eigenvalue weighted by Crippen LogP contribution is -2.13. The third kappa shape index (κ3) is 5.29. The minimum absolute atomic E-state index is 0.115. The summed E-state index contributed by atoms with van der Waals surface area (Å²) in [5, 5.41) is 2.70. The SMILES string of the molecule is O=C(/C=C/c1ccccc1)Nc1ccc(S(=O)(=O)Nc2ccccc2)cc1.